The predicted octanol–water partition coefficient (Wildman–Crippen LogP) is 4.29. The van der Waals surface area contributed by atoms with E-state index in [1.807, 2.05) is 38.4 Å². The van der Waals surface area contributed by atoms with Crippen molar-refractivity contribution in [1.29, 1.82) is 0 Å². The first-order valence-electron chi connectivity index (χ1n) is 8.41. The number of hydrogen-bond donors (Lipinski definition) is 0. The molecule has 0 heterocycles. The van der Waals surface area contributed by atoms with E-state index in [0.29, 0.717) is 0 Å². The number of terminal acetylenes is 2. The first kappa shape index (κ1) is 17.3. The van der Waals surface area contributed by atoms with Gasteiger partial charge in [-0.2, -0.15) is 0 Å². The van der Waals surface area contributed by atoms with E-state index in [4.69, 9.17) is 12.8 Å². The Morgan fingerprint density at radius 2 is 1.12 bits per heavy atom. The van der Waals surface area contributed by atoms with Crippen LogP contribution in [0.3, 0.4) is 0 Å². The lowest BCUT2D eigenvalue weighted by Crippen LogP contribution is -2.10. The SMILES string of the molecule is C#Cc1ccc(C(=C2C=CC(=[N+](C)C)C=C2)c2ccc(C#C)cc2)cc1. The van der Waals surface area contributed by atoms with E-state index in [1.54, 1.807) is 0 Å². The highest BCUT2D eigenvalue weighted by molar-refractivity contribution is 6.03. The molecule has 0 atom stereocenters. The zero-order valence-corrected chi connectivity index (χ0v) is 15.0. The molecule has 26 heavy (non-hydrogen) atoms. The van der Waals surface area contributed by atoms with Gasteiger partial charge in [-0.1, -0.05) is 36.1 Å². The van der Waals surface area contributed by atoms with Crippen molar-refractivity contribution >= 4 is 11.3 Å². The molecular weight excluding hydrogens is 314 g/mol. The lowest BCUT2D eigenvalue weighted by molar-refractivity contribution is -0.462. The van der Waals surface area contributed by atoms with Crippen LogP contribution in [-0.2, 0) is 0 Å². The maximum Gasteiger partial charge on any atom is 0.199 e. The second-order valence-corrected chi connectivity index (χ2v) is 6.26. The molecule has 2 aromatic rings. The fourth-order valence-corrected chi connectivity index (χ4v) is 2.89. The summed E-state index contributed by atoms with van der Waals surface area (Å²) in [4.78, 5) is 0. The van der Waals surface area contributed by atoms with Crippen molar-refractivity contribution < 1.29 is 4.58 Å². The van der Waals surface area contributed by atoms with Gasteiger partial charge in [0.05, 0.1) is 0 Å². The lowest BCUT2D eigenvalue weighted by atomic mass is 9.90. The van der Waals surface area contributed by atoms with Crippen molar-refractivity contribution in [2.24, 2.45) is 0 Å². The number of allylic oxidation sites excluding steroid dienone is 5. The molecule has 0 spiro atoms. The second kappa shape index (κ2) is 7.56. The number of nitrogens with zero attached hydrogens (tertiary/aromatic N) is 1. The fraction of sp³-hybridized carbons (Fsp3) is 0.0800. The van der Waals surface area contributed by atoms with Crippen LogP contribution in [0.2, 0.25) is 0 Å². The number of rotatable bonds is 2. The Bertz CT molecular complexity index is 944. The van der Waals surface area contributed by atoms with E-state index in [-0.39, 0.29) is 0 Å². The van der Waals surface area contributed by atoms with Crippen LogP contribution in [0.4, 0.5) is 0 Å². The Hall–Kier alpha value is -3.55. The smallest absolute Gasteiger partial charge is 0.199 e. The molecule has 0 N–H and O–H groups in total. The van der Waals surface area contributed by atoms with Crippen LogP contribution in [0.1, 0.15) is 22.3 Å². The molecule has 1 heteroatoms. The average Bonchev–Trinajstić information content (AvgIpc) is 2.69. The molecule has 0 aromatic heterocycles. The molecule has 0 radical (unpaired) electrons. The topological polar surface area (TPSA) is 3.01 Å². The molecule has 2 aromatic carbocycles. The number of benzene rings is 2. The molecule has 124 valence electrons. The van der Waals surface area contributed by atoms with E-state index < -0.39 is 0 Å². The van der Waals surface area contributed by atoms with Gasteiger partial charge in [-0.25, -0.2) is 4.58 Å². The molecule has 0 aliphatic heterocycles. The summed E-state index contributed by atoms with van der Waals surface area (Å²) in [7, 11) is 4.08. The van der Waals surface area contributed by atoms with Crippen LogP contribution in [0.25, 0.3) is 5.57 Å². The highest BCUT2D eigenvalue weighted by Crippen LogP contribution is 2.30. The first-order valence-corrected chi connectivity index (χ1v) is 8.41. The van der Waals surface area contributed by atoms with Crippen molar-refractivity contribution in [3.8, 4) is 24.7 Å². The van der Waals surface area contributed by atoms with Gasteiger partial charge in [0, 0.05) is 23.3 Å². The summed E-state index contributed by atoms with van der Waals surface area (Å²) in [5.41, 5.74) is 7.46. The van der Waals surface area contributed by atoms with Crippen molar-refractivity contribution in [2.75, 3.05) is 14.1 Å². The number of hydrogen-bond acceptors (Lipinski definition) is 0. The van der Waals surface area contributed by atoms with Crippen LogP contribution < -0.4 is 0 Å². The Kier molecular flexibility index (Phi) is 5.02. The van der Waals surface area contributed by atoms with Crippen LogP contribution in [0.5, 0.6) is 0 Å². The standard InChI is InChI=1S/C25H20N/c1-5-19-7-11-21(12-8-19)25(22-13-9-20(6-2)10-14-22)23-15-17-24(18-16-23)26(3)4/h1-2,7-18H,3-4H3/q+1. The molecule has 0 fully saturated rings. The molecule has 1 aliphatic carbocycles. The van der Waals surface area contributed by atoms with Gasteiger partial charge in [0.15, 0.2) is 5.71 Å². The molecule has 0 amide bonds. The largest absolute Gasteiger partial charge is 0.235 e. The van der Waals surface area contributed by atoms with Crippen molar-refractivity contribution in [3.63, 3.8) is 0 Å². The van der Waals surface area contributed by atoms with Crippen LogP contribution in [0, 0.1) is 24.7 Å². The molecule has 3 rings (SSSR count). The Balaban J connectivity index is 2.16. The molecule has 0 unspecified atom stereocenters. The molecule has 0 saturated carbocycles. The summed E-state index contributed by atoms with van der Waals surface area (Å²) in [5, 5.41) is 0. The quantitative estimate of drug-likeness (QED) is 0.569. The van der Waals surface area contributed by atoms with Gasteiger partial charge in [-0.3, -0.25) is 0 Å². The van der Waals surface area contributed by atoms with Crippen molar-refractivity contribution in [3.05, 3.63) is 101 Å². The molecule has 0 saturated heterocycles. The Labute approximate surface area is 155 Å². The van der Waals surface area contributed by atoms with Crippen LogP contribution in [-0.4, -0.2) is 24.4 Å². The highest BCUT2D eigenvalue weighted by Gasteiger charge is 2.13. The van der Waals surface area contributed by atoms with E-state index in [0.717, 1.165) is 33.4 Å². The average molecular weight is 334 g/mol. The summed E-state index contributed by atoms with van der Waals surface area (Å²) < 4.78 is 2.09. The zero-order chi connectivity index (χ0) is 18.5. The van der Waals surface area contributed by atoms with Gasteiger partial charge >= 0.3 is 0 Å². The van der Waals surface area contributed by atoms with Gasteiger partial charge in [-0.15, -0.1) is 12.8 Å². The third-order valence-electron chi connectivity index (χ3n) is 4.35. The highest BCUT2D eigenvalue weighted by atomic mass is 14.9. The lowest BCUT2D eigenvalue weighted by Gasteiger charge is -2.14. The monoisotopic (exact) mass is 334 g/mol. The first-order chi connectivity index (χ1) is 12.6. The van der Waals surface area contributed by atoms with Gasteiger partial charge in [0.2, 0.25) is 0 Å². The van der Waals surface area contributed by atoms with E-state index >= 15 is 0 Å². The minimum absolute atomic E-state index is 0.874. The van der Waals surface area contributed by atoms with Gasteiger partial charge in [0.1, 0.15) is 14.1 Å². The van der Waals surface area contributed by atoms with Crippen molar-refractivity contribution in [2.45, 2.75) is 0 Å². The normalized spacial score (nSPS) is 12.5. The predicted molar refractivity (Wildman–Crippen MR) is 110 cm³/mol. The molecular formula is C25H20N+. The third-order valence-corrected chi connectivity index (χ3v) is 4.35. The summed E-state index contributed by atoms with van der Waals surface area (Å²) in [6.45, 7) is 0. The van der Waals surface area contributed by atoms with E-state index in [9.17, 15) is 0 Å². The summed E-state index contributed by atoms with van der Waals surface area (Å²) in [6.07, 6.45) is 19.5. The van der Waals surface area contributed by atoms with Gasteiger partial charge in [-0.05, 0) is 58.7 Å². The Morgan fingerprint density at radius 3 is 1.46 bits per heavy atom. The summed E-state index contributed by atoms with van der Waals surface area (Å²) in [5.74, 6) is 5.34. The third kappa shape index (κ3) is 3.59. The minimum atomic E-state index is 0.874. The molecule has 0 bridgehead atoms. The zero-order valence-electron chi connectivity index (χ0n) is 15.0. The Morgan fingerprint density at radius 1 is 0.692 bits per heavy atom. The maximum absolute atomic E-state index is 5.49. The molecule has 1 aliphatic rings. The maximum atomic E-state index is 5.49. The minimum Gasteiger partial charge on any atom is -0.235 e. The van der Waals surface area contributed by atoms with Gasteiger partial charge < -0.3 is 0 Å². The fourth-order valence-electron chi connectivity index (χ4n) is 2.89. The van der Waals surface area contributed by atoms with Crippen molar-refractivity contribution in [1.82, 2.24) is 0 Å². The van der Waals surface area contributed by atoms with Gasteiger partial charge in [0.25, 0.3) is 0 Å². The van der Waals surface area contributed by atoms with Crippen LogP contribution in [0.15, 0.2) is 78.4 Å². The van der Waals surface area contributed by atoms with E-state index in [1.165, 1.54) is 5.71 Å². The molecule has 1 nitrogen and oxygen atoms in total. The summed E-state index contributed by atoms with van der Waals surface area (Å²) >= 11 is 0. The second-order valence-electron chi connectivity index (χ2n) is 6.26. The van der Waals surface area contributed by atoms with E-state index in [2.05, 4.69) is 65.0 Å². The summed E-state index contributed by atoms with van der Waals surface area (Å²) in [6, 6.07) is 16.2. The van der Waals surface area contributed by atoms with Crippen LogP contribution >= 0.6 is 0 Å².